The van der Waals surface area contributed by atoms with Crippen molar-refractivity contribution >= 4 is 5.97 Å². The molecular weight excluding hydrogens is 254 g/mol. The molecule has 2 unspecified atom stereocenters. The van der Waals surface area contributed by atoms with Crippen LogP contribution < -0.4 is 5.73 Å². The number of ether oxygens (including phenoxy) is 2. The maximum atomic E-state index is 12.3. The van der Waals surface area contributed by atoms with Gasteiger partial charge in [-0.05, 0) is 38.4 Å². The van der Waals surface area contributed by atoms with Gasteiger partial charge in [-0.3, -0.25) is 0 Å². The minimum absolute atomic E-state index is 0.0628. The maximum Gasteiger partial charge on any atom is 0.338 e. The van der Waals surface area contributed by atoms with E-state index in [-0.39, 0.29) is 24.3 Å². The summed E-state index contributed by atoms with van der Waals surface area (Å²) in [6.45, 7) is 4.55. The molecule has 0 amide bonds. The van der Waals surface area contributed by atoms with E-state index >= 15 is 0 Å². The molecule has 0 aromatic heterocycles. The van der Waals surface area contributed by atoms with Crippen LogP contribution in [0.25, 0.3) is 0 Å². The summed E-state index contributed by atoms with van der Waals surface area (Å²) in [6, 6.07) is 7.50. The smallest absolute Gasteiger partial charge is 0.338 e. The van der Waals surface area contributed by atoms with E-state index in [2.05, 4.69) is 0 Å². The van der Waals surface area contributed by atoms with Crippen molar-refractivity contribution in [2.45, 2.75) is 51.4 Å². The number of hydrogen-bond acceptors (Lipinski definition) is 4. The molecule has 1 fully saturated rings. The Kier molecular flexibility index (Phi) is 5.15. The van der Waals surface area contributed by atoms with Gasteiger partial charge in [0, 0.05) is 12.8 Å². The number of esters is 1. The molecule has 1 aromatic rings. The Bertz CT molecular complexity index is 451. The first-order valence-electron chi connectivity index (χ1n) is 7.24. The standard InChI is InChI=1S/C16H23NO3/c1-11-9-14(10-12(2)19-11)20-16(18)15-6-4-3-5-13(15)7-8-17/h3-6,11-12,14H,7-10,17H2,1-2H3. The van der Waals surface area contributed by atoms with Gasteiger partial charge in [-0.15, -0.1) is 0 Å². The van der Waals surface area contributed by atoms with E-state index < -0.39 is 0 Å². The van der Waals surface area contributed by atoms with E-state index in [1.807, 2.05) is 32.0 Å². The molecule has 4 heteroatoms. The van der Waals surface area contributed by atoms with Crippen molar-refractivity contribution in [3.05, 3.63) is 35.4 Å². The van der Waals surface area contributed by atoms with Crippen LogP contribution in [-0.4, -0.2) is 30.8 Å². The van der Waals surface area contributed by atoms with Crippen molar-refractivity contribution in [2.24, 2.45) is 5.73 Å². The molecule has 1 heterocycles. The van der Waals surface area contributed by atoms with Crippen LogP contribution in [-0.2, 0) is 15.9 Å². The highest BCUT2D eigenvalue weighted by atomic mass is 16.6. The second-order valence-corrected chi connectivity index (χ2v) is 5.45. The molecule has 1 aromatic carbocycles. The molecule has 0 spiro atoms. The minimum atomic E-state index is -0.250. The molecule has 1 aliphatic rings. The largest absolute Gasteiger partial charge is 0.459 e. The summed E-state index contributed by atoms with van der Waals surface area (Å²) in [4.78, 5) is 12.3. The van der Waals surface area contributed by atoms with Gasteiger partial charge in [-0.25, -0.2) is 4.79 Å². The van der Waals surface area contributed by atoms with Gasteiger partial charge in [0.1, 0.15) is 6.10 Å². The van der Waals surface area contributed by atoms with Crippen molar-refractivity contribution in [1.82, 2.24) is 0 Å². The highest BCUT2D eigenvalue weighted by Crippen LogP contribution is 2.23. The van der Waals surface area contributed by atoms with Gasteiger partial charge >= 0.3 is 5.97 Å². The molecule has 0 saturated carbocycles. The predicted octanol–water partition coefficient (Wildman–Crippen LogP) is 2.30. The van der Waals surface area contributed by atoms with Crippen LogP contribution in [0.15, 0.2) is 24.3 Å². The molecule has 20 heavy (non-hydrogen) atoms. The molecule has 2 rings (SSSR count). The van der Waals surface area contributed by atoms with Crippen molar-refractivity contribution in [2.75, 3.05) is 6.54 Å². The van der Waals surface area contributed by atoms with E-state index in [1.165, 1.54) is 0 Å². The van der Waals surface area contributed by atoms with E-state index in [9.17, 15) is 4.79 Å². The average Bonchev–Trinajstić information content (AvgIpc) is 2.38. The fraction of sp³-hybridized carbons (Fsp3) is 0.562. The Morgan fingerprint density at radius 2 is 1.95 bits per heavy atom. The summed E-state index contributed by atoms with van der Waals surface area (Å²) in [5.74, 6) is -0.250. The molecule has 0 radical (unpaired) electrons. The van der Waals surface area contributed by atoms with Crippen molar-refractivity contribution in [1.29, 1.82) is 0 Å². The highest BCUT2D eigenvalue weighted by Gasteiger charge is 2.27. The number of carbonyl (C=O) groups is 1. The van der Waals surface area contributed by atoms with Gasteiger partial charge in [0.05, 0.1) is 17.8 Å². The van der Waals surface area contributed by atoms with Gasteiger partial charge < -0.3 is 15.2 Å². The van der Waals surface area contributed by atoms with Crippen LogP contribution in [0.1, 0.15) is 42.6 Å². The zero-order valence-corrected chi connectivity index (χ0v) is 12.2. The third-order valence-corrected chi connectivity index (χ3v) is 3.58. The number of nitrogens with two attached hydrogens (primary N) is 1. The van der Waals surface area contributed by atoms with Crippen LogP contribution in [0.4, 0.5) is 0 Å². The van der Waals surface area contributed by atoms with Gasteiger partial charge in [0.15, 0.2) is 0 Å². The van der Waals surface area contributed by atoms with Crippen LogP contribution in [0.5, 0.6) is 0 Å². The summed E-state index contributed by atoms with van der Waals surface area (Å²) in [6.07, 6.45) is 2.41. The molecule has 1 aliphatic heterocycles. The number of benzene rings is 1. The van der Waals surface area contributed by atoms with Crippen molar-refractivity contribution in [3.63, 3.8) is 0 Å². The first kappa shape index (κ1) is 15.0. The molecule has 2 N–H and O–H groups in total. The van der Waals surface area contributed by atoms with E-state index in [0.29, 0.717) is 18.5 Å². The van der Waals surface area contributed by atoms with E-state index in [4.69, 9.17) is 15.2 Å². The Morgan fingerprint density at radius 1 is 1.30 bits per heavy atom. The summed E-state index contributed by atoms with van der Waals surface area (Å²) >= 11 is 0. The lowest BCUT2D eigenvalue weighted by atomic mass is 10.0. The Morgan fingerprint density at radius 3 is 2.60 bits per heavy atom. The quantitative estimate of drug-likeness (QED) is 0.858. The van der Waals surface area contributed by atoms with Crippen LogP contribution >= 0.6 is 0 Å². The Balaban J connectivity index is 2.04. The highest BCUT2D eigenvalue weighted by molar-refractivity contribution is 5.91. The van der Waals surface area contributed by atoms with Crippen LogP contribution in [0, 0.1) is 0 Å². The zero-order valence-electron chi connectivity index (χ0n) is 12.2. The minimum Gasteiger partial charge on any atom is -0.459 e. The summed E-state index contributed by atoms with van der Waals surface area (Å²) in [7, 11) is 0. The van der Waals surface area contributed by atoms with Gasteiger partial charge in [0.25, 0.3) is 0 Å². The predicted molar refractivity (Wildman–Crippen MR) is 77.6 cm³/mol. The number of carbonyl (C=O) groups excluding carboxylic acids is 1. The lowest BCUT2D eigenvalue weighted by molar-refractivity contribution is -0.0855. The second kappa shape index (κ2) is 6.86. The molecule has 0 bridgehead atoms. The van der Waals surface area contributed by atoms with Crippen molar-refractivity contribution < 1.29 is 14.3 Å². The lowest BCUT2D eigenvalue weighted by Crippen LogP contribution is -2.35. The normalized spacial score (nSPS) is 26.2. The molecule has 1 saturated heterocycles. The second-order valence-electron chi connectivity index (χ2n) is 5.45. The first-order chi connectivity index (χ1) is 9.60. The Hall–Kier alpha value is -1.39. The number of hydrogen-bond donors (Lipinski definition) is 1. The van der Waals surface area contributed by atoms with Crippen molar-refractivity contribution in [3.8, 4) is 0 Å². The van der Waals surface area contributed by atoms with E-state index in [0.717, 1.165) is 18.4 Å². The summed E-state index contributed by atoms with van der Waals surface area (Å²) < 4.78 is 11.3. The molecule has 110 valence electrons. The fourth-order valence-electron chi connectivity index (χ4n) is 2.75. The average molecular weight is 277 g/mol. The maximum absolute atomic E-state index is 12.3. The Labute approximate surface area is 120 Å². The zero-order chi connectivity index (χ0) is 14.5. The van der Waals surface area contributed by atoms with Gasteiger partial charge in [-0.2, -0.15) is 0 Å². The third-order valence-electron chi connectivity index (χ3n) is 3.58. The summed E-state index contributed by atoms with van der Waals surface area (Å²) in [5.41, 5.74) is 7.16. The monoisotopic (exact) mass is 277 g/mol. The molecular formula is C16H23NO3. The van der Waals surface area contributed by atoms with E-state index in [1.54, 1.807) is 6.07 Å². The SMILES string of the molecule is CC1CC(OC(=O)c2ccccc2CCN)CC(C)O1. The third kappa shape index (κ3) is 3.81. The topological polar surface area (TPSA) is 61.5 Å². The molecule has 0 aliphatic carbocycles. The molecule has 2 atom stereocenters. The lowest BCUT2D eigenvalue weighted by Gasteiger charge is -2.31. The molecule has 4 nitrogen and oxygen atoms in total. The van der Waals surface area contributed by atoms with Crippen LogP contribution in [0.2, 0.25) is 0 Å². The van der Waals surface area contributed by atoms with Crippen LogP contribution in [0.3, 0.4) is 0 Å². The first-order valence-corrected chi connectivity index (χ1v) is 7.24. The van der Waals surface area contributed by atoms with Gasteiger partial charge in [-0.1, -0.05) is 18.2 Å². The fourth-order valence-corrected chi connectivity index (χ4v) is 2.75. The summed E-state index contributed by atoms with van der Waals surface area (Å²) in [5, 5.41) is 0. The number of rotatable bonds is 4. The van der Waals surface area contributed by atoms with Gasteiger partial charge in [0.2, 0.25) is 0 Å².